The molecule has 1 amide bonds. The minimum Gasteiger partial charge on any atom is -0.324 e. The second-order valence-corrected chi connectivity index (χ2v) is 9.11. The molecule has 0 radical (unpaired) electrons. The summed E-state index contributed by atoms with van der Waals surface area (Å²) in [5.41, 5.74) is 1.65. The number of halogens is 2. The third-order valence-electron chi connectivity index (χ3n) is 4.05. The molecule has 5 nitrogen and oxygen atoms in total. The maximum Gasteiger partial charge on any atom is 0.264 e. The van der Waals surface area contributed by atoms with Gasteiger partial charge in [-0.1, -0.05) is 53.5 Å². The van der Waals surface area contributed by atoms with Crippen LogP contribution in [0.1, 0.15) is 5.56 Å². The lowest BCUT2D eigenvalue weighted by molar-refractivity contribution is -0.114. The summed E-state index contributed by atoms with van der Waals surface area (Å²) in [6.45, 7) is 1.44. The average molecular weight is 449 g/mol. The highest BCUT2D eigenvalue weighted by molar-refractivity contribution is 7.92. The van der Waals surface area contributed by atoms with Gasteiger partial charge in [0.2, 0.25) is 5.91 Å². The molecule has 0 atom stereocenters. The van der Waals surface area contributed by atoms with E-state index in [1.54, 1.807) is 36.4 Å². The van der Waals surface area contributed by atoms with E-state index < -0.39 is 22.5 Å². The SMILES string of the molecule is Cc1cccc(N(CC(=O)Nc2cc(Cl)cc(Cl)c2)S(=O)(=O)c2ccccc2)c1. The van der Waals surface area contributed by atoms with Crippen molar-refractivity contribution < 1.29 is 13.2 Å². The van der Waals surface area contributed by atoms with Crippen LogP contribution in [-0.2, 0) is 14.8 Å². The summed E-state index contributed by atoms with van der Waals surface area (Å²) in [5.74, 6) is -0.524. The normalized spacial score (nSPS) is 11.1. The predicted molar refractivity (Wildman–Crippen MR) is 117 cm³/mol. The first kappa shape index (κ1) is 21.2. The van der Waals surface area contributed by atoms with Crippen LogP contribution in [0.25, 0.3) is 0 Å². The summed E-state index contributed by atoms with van der Waals surface area (Å²) < 4.78 is 27.6. The van der Waals surface area contributed by atoms with Gasteiger partial charge in [0.25, 0.3) is 10.0 Å². The van der Waals surface area contributed by atoms with Crippen molar-refractivity contribution in [1.29, 1.82) is 0 Å². The number of carbonyl (C=O) groups excluding carboxylic acids is 1. The van der Waals surface area contributed by atoms with Gasteiger partial charge in [-0.05, 0) is 55.0 Å². The Balaban J connectivity index is 1.94. The number of rotatable bonds is 6. The van der Waals surface area contributed by atoms with Crippen LogP contribution in [0.4, 0.5) is 11.4 Å². The van der Waals surface area contributed by atoms with Crippen LogP contribution in [0.2, 0.25) is 10.0 Å². The van der Waals surface area contributed by atoms with E-state index in [4.69, 9.17) is 23.2 Å². The minimum atomic E-state index is -3.95. The highest BCUT2D eigenvalue weighted by Crippen LogP contribution is 2.26. The van der Waals surface area contributed by atoms with Crippen LogP contribution >= 0.6 is 23.2 Å². The monoisotopic (exact) mass is 448 g/mol. The summed E-state index contributed by atoms with van der Waals surface area (Å²) in [4.78, 5) is 12.8. The molecular formula is C21H18Cl2N2O3S. The Morgan fingerprint density at radius 1 is 0.931 bits per heavy atom. The van der Waals surface area contributed by atoms with Gasteiger partial charge in [-0.15, -0.1) is 0 Å². The number of aryl methyl sites for hydroxylation is 1. The molecule has 0 aromatic heterocycles. The van der Waals surface area contributed by atoms with Crippen molar-refractivity contribution in [3.63, 3.8) is 0 Å². The Bertz CT molecular complexity index is 1120. The molecule has 0 aliphatic carbocycles. The third kappa shape index (κ3) is 5.29. The molecule has 0 heterocycles. The molecule has 0 fully saturated rings. The predicted octanol–water partition coefficient (Wildman–Crippen LogP) is 5.14. The highest BCUT2D eigenvalue weighted by atomic mass is 35.5. The Labute approximate surface area is 179 Å². The number of sulfonamides is 1. The molecule has 0 saturated carbocycles. The Hall–Kier alpha value is -2.54. The summed E-state index contributed by atoms with van der Waals surface area (Å²) in [5, 5.41) is 3.37. The maximum atomic E-state index is 13.2. The molecule has 0 saturated heterocycles. The van der Waals surface area contributed by atoms with Crippen LogP contribution in [-0.4, -0.2) is 20.9 Å². The molecule has 0 aliphatic rings. The smallest absolute Gasteiger partial charge is 0.264 e. The van der Waals surface area contributed by atoms with Gasteiger partial charge < -0.3 is 5.32 Å². The lowest BCUT2D eigenvalue weighted by atomic mass is 10.2. The molecule has 29 heavy (non-hydrogen) atoms. The molecule has 150 valence electrons. The van der Waals surface area contributed by atoms with Crippen molar-refractivity contribution in [3.05, 3.63) is 88.4 Å². The fourth-order valence-corrected chi connectivity index (χ4v) is 4.73. The Kier molecular flexibility index (Phi) is 6.47. The lowest BCUT2D eigenvalue weighted by Crippen LogP contribution is -2.38. The molecule has 1 N–H and O–H groups in total. The van der Waals surface area contributed by atoms with Crippen LogP contribution in [0, 0.1) is 6.92 Å². The van der Waals surface area contributed by atoms with E-state index >= 15 is 0 Å². The first-order chi connectivity index (χ1) is 13.8. The molecular weight excluding hydrogens is 431 g/mol. The summed E-state index contributed by atoms with van der Waals surface area (Å²) >= 11 is 11.9. The molecule has 3 rings (SSSR count). The van der Waals surface area contributed by atoms with Crippen molar-refractivity contribution in [3.8, 4) is 0 Å². The van der Waals surface area contributed by atoms with Gasteiger partial charge in [0.1, 0.15) is 6.54 Å². The largest absolute Gasteiger partial charge is 0.324 e. The van der Waals surface area contributed by atoms with E-state index in [2.05, 4.69) is 5.32 Å². The molecule has 0 spiro atoms. The number of carbonyl (C=O) groups is 1. The topological polar surface area (TPSA) is 66.5 Å². The number of hydrogen-bond acceptors (Lipinski definition) is 3. The first-order valence-electron chi connectivity index (χ1n) is 8.66. The van der Waals surface area contributed by atoms with E-state index in [-0.39, 0.29) is 4.90 Å². The molecule has 8 heteroatoms. The van der Waals surface area contributed by atoms with E-state index in [0.717, 1.165) is 9.87 Å². The Morgan fingerprint density at radius 3 is 2.21 bits per heavy atom. The van der Waals surface area contributed by atoms with E-state index in [9.17, 15) is 13.2 Å². The van der Waals surface area contributed by atoms with Crippen LogP contribution < -0.4 is 9.62 Å². The summed E-state index contributed by atoms with van der Waals surface area (Å²) in [6, 6.07) is 19.5. The van der Waals surface area contributed by atoms with Gasteiger partial charge in [0.05, 0.1) is 10.6 Å². The van der Waals surface area contributed by atoms with Gasteiger partial charge in [-0.25, -0.2) is 8.42 Å². The summed E-state index contributed by atoms with van der Waals surface area (Å²) in [7, 11) is -3.95. The lowest BCUT2D eigenvalue weighted by Gasteiger charge is -2.24. The number of amides is 1. The third-order valence-corrected chi connectivity index (χ3v) is 6.28. The first-order valence-corrected chi connectivity index (χ1v) is 10.9. The highest BCUT2D eigenvalue weighted by Gasteiger charge is 2.27. The van der Waals surface area contributed by atoms with Gasteiger partial charge >= 0.3 is 0 Å². The zero-order valence-electron chi connectivity index (χ0n) is 15.5. The second-order valence-electron chi connectivity index (χ2n) is 6.37. The number of benzene rings is 3. The standard InChI is InChI=1S/C21H18Cl2N2O3S/c1-15-6-5-7-19(10-15)25(29(27,28)20-8-3-2-4-9-20)14-21(26)24-18-12-16(22)11-17(23)13-18/h2-13H,14H2,1H3,(H,24,26). The van der Waals surface area contributed by atoms with Crippen molar-refractivity contribution in [2.24, 2.45) is 0 Å². The quantitative estimate of drug-likeness (QED) is 0.567. The number of hydrogen-bond donors (Lipinski definition) is 1. The van der Waals surface area contributed by atoms with E-state index in [1.165, 1.54) is 30.3 Å². The van der Waals surface area contributed by atoms with Crippen molar-refractivity contribution in [2.45, 2.75) is 11.8 Å². The van der Waals surface area contributed by atoms with Gasteiger partial charge in [-0.2, -0.15) is 0 Å². The van der Waals surface area contributed by atoms with Crippen molar-refractivity contribution in [1.82, 2.24) is 0 Å². The fourth-order valence-electron chi connectivity index (χ4n) is 2.77. The average Bonchev–Trinajstić information content (AvgIpc) is 2.66. The van der Waals surface area contributed by atoms with Gasteiger partial charge in [0.15, 0.2) is 0 Å². The van der Waals surface area contributed by atoms with Gasteiger partial charge in [-0.3, -0.25) is 9.10 Å². The van der Waals surface area contributed by atoms with E-state index in [0.29, 0.717) is 21.4 Å². The van der Waals surface area contributed by atoms with Gasteiger partial charge in [0, 0.05) is 15.7 Å². The van der Waals surface area contributed by atoms with Crippen LogP contribution in [0.3, 0.4) is 0 Å². The minimum absolute atomic E-state index is 0.0973. The van der Waals surface area contributed by atoms with Crippen LogP contribution in [0.5, 0.6) is 0 Å². The molecule has 0 aliphatic heterocycles. The number of anilines is 2. The zero-order valence-corrected chi connectivity index (χ0v) is 17.8. The molecule has 0 unspecified atom stereocenters. The van der Waals surface area contributed by atoms with Crippen molar-refractivity contribution in [2.75, 3.05) is 16.2 Å². The number of nitrogens with zero attached hydrogens (tertiary/aromatic N) is 1. The Morgan fingerprint density at radius 2 is 1.59 bits per heavy atom. The fraction of sp³-hybridized carbons (Fsp3) is 0.0952. The second kappa shape index (κ2) is 8.86. The molecule has 3 aromatic carbocycles. The van der Waals surface area contributed by atoms with Crippen LogP contribution in [0.15, 0.2) is 77.7 Å². The van der Waals surface area contributed by atoms with Crippen molar-refractivity contribution >= 4 is 50.5 Å². The molecule has 3 aromatic rings. The number of nitrogens with one attached hydrogen (secondary N) is 1. The van der Waals surface area contributed by atoms with E-state index in [1.807, 2.05) is 13.0 Å². The zero-order chi connectivity index (χ0) is 21.0. The summed E-state index contributed by atoms with van der Waals surface area (Å²) in [6.07, 6.45) is 0. The maximum absolute atomic E-state index is 13.2. The molecule has 0 bridgehead atoms.